The van der Waals surface area contributed by atoms with Gasteiger partial charge in [-0.05, 0) is 18.1 Å². The van der Waals surface area contributed by atoms with Gasteiger partial charge >= 0.3 is 0 Å². The van der Waals surface area contributed by atoms with Gasteiger partial charge in [-0.25, -0.2) is 9.37 Å². The lowest BCUT2D eigenvalue weighted by molar-refractivity contribution is -0.193. The number of nitrogens with zero attached hydrogens (tertiary/aromatic N) is 2. The van der Waals surface area contributed by atoms with Crippen molar-refractivity contribution in [3.8, 4) is 5.88 Å². The van der Waals surface area contributed by atoms with E-state index in [4.69, 9.17) is 9.47 Å². The molecule has 2 aliphatic rings. The molecule has 0 aromatic carbocycles. The van der Waals surface area contributed by atoms with Crippen molar-refractivity contribution in [3.05, 3.63) is 24.1 Å². The average molecular weight is 322 g/mol. The molecule has 1 atom stereocenters. The molecule has 3 heterocycles. The minimum absolute atomic E-state index is 0.0432. The van der Waals surface area contributed by atoms with Crippen LogP contribution in [0.1, 0.15) is 33.1 Å². The lowest BCUT2D eigenvalue weighted by Crippen LogP contribution is -2.67. The second-order valence-electron chi connectivity index (χ2n) is 6.90. The van der Waals surface area contributed by atoms with Gasteiger partial charge in [0.25, 0.3) is 5.88 Å². The number of carbonyl (C=O) groups is 1. The van der Waals surface area contributed by atoms with E-state index in [1.165, 1.54) is 18.3 Å². The topological polar surface area (TPSA) is 51.7 Å². The molecule has 0 N–H and O–H groups in total. The van der Waals surface area contributed by atoms with Crippen LogP contribution in [0.3, 0.4) is 0 Å². The number of pyridine rings is 1. The van der Waals surface area contributed by atoms with Gasteiger partial charge in [0, 0.05) is 25.5 Å². The van der Waals surface area contributed by atoms with E-state index in [2.05, 4.69) is 4.98 Å². The molecule has 0 bridgehead atoms. The molecule has 2 aliphatic heterocycles. The maximum Gasteiger partial charge on any atom is 0.250 e. The highest BCUT2D eigenvalue weighted by molar-refractivity contribution is 5.77. The van der Waals surface area contributed by atoms with Crippen molar-refractivity contribution in [2.45, 2.75) is 44.8 Å². The van der Waals surface area contributed by atoms with Gasteiger partial charge in [-0.1, -0.05) is 13.8 Å². The van der Waals surface area contributed by atoms with Crippen LogP contribution in [0.5, 0.6) is 5.88 Å². The summed E-state index contributed by atoms with van der Waals surface area (Å²) in [5, 5.41) is 0. The van der Waals surface area contributed by atoms with Crippen molar-refractivity contribution < 1.29 is 18.7 Å². The Morgan fingerprint density at radius 2 is 2.35 bits per heavy atom. The van der Waals surface area contributed by atoms with E-state index in [-0.39, 0.29) is 23.5 Å². The Balaban J connectivity index is 1.56. The SMILES string of the molecule is CC(C)CC(=O)N1CC2(CC(Oc3ncccc3F)CCO2)C1. The van der Waals surface area contributed by atoms with Crippen molar-refractivity contribution in [1.29, 1.82) is 0 Å². The standard InChI is InChI=1S/C17H23FN2O3/c1-12(2)8-15(21)20-10-17(11-20)9-13(5-7-22-17)23-16-14(18)4-3-6-19-16/h3-4,6,12-13H,5,7-11H2,1-2H3. The maximum atomic E-state index is 13.7. The number of likely N-dealkylation sites (tertiary alicyclic amines) is 1. The van der Waals surface area contributed by atoms with E-state index in [1.54, 1.807) is 0 Å². The number of aromatic nitrogens is 1. The highest BCUT2D eigenvalue weighted by Gasteiger charge is 2.49. The molecule has 6 heteroatoms. The van der Waals surface area contributed by atoms with Crippen LogP contribution in [-0.2, 0) is 9.53 Å². The summed E-state index contributed by atoms with van der Waals surface area (Å²) in [6.45, 7) is 5.84. The van der Waals surface area contributed by atoms with Crippen LogP contribution < -0.4 is 4.74 Å². The number of hydrogen-bond acceptors (Lipinski definition) is 4. The fourth-order valence-electron chi connectivity index (χ4n) is 3.22. The summed E-state index contributed by atoms with van der Waals surface area (Å²) in [5.41, 5.74) is -0.333. The summed E-state index contributed by atoms with van der Waals surface area (Å²) in [5.74, 6) is 0.125. The van der Waals surface area contributed by atoms with E-state index in [1.807, 2.05) is 18.7 Å². The van der Waals surface area contributed by atoms with Crippen LogP contribution in [0.4, 0.5) is 4.39 Å². The molecule has 0 radical (unpaired) electrons. The minimum atomic E-state index is -0.449. The van der Waals surface area contributed by atoms with Crippen LogP contribution in [-0.4, -0.2) is 47.2 Å². The Kier molecular flexibility index (Phi) is 4.53. The molecule has 3 rings (SSSR count). The van der Waals surface area contributed by atoms with Crippen LogP contribution in [0.15, 0.2) is 18.3 Å². The Morgan fingerprint density at radius 3 is 3.04 bits per heavy atom. The Hall–Kier alpha value is -1.69. The molecule has 2 saturated heterocycles. The third kappa shape index (κ3) is 3.63. The summed E-state index contributed by atoms with van der Waals surface area (Å²) in [7, 11) is 0. The van der Waals surface area contributed by atoms with Gasteiger partial charge in [0.05, 0.1) is 19.7 Å². The fourth-order valence-corrected chi connectivity index (χ4v) is 3.22. The first-order chi connectivity index (χ1) is 11.0. The van der Waals surface area contributed by atoms with E-state index in [9.17, 15) is 9.18 Å². The van der Waals surface area contributed by atoms with Crippen molar-refractivity contribution >= 4 is 5.91 Å². The molecule has 23 heavy (non-hydrogen) atoms. The summed E-state index contributed by atoms with van der Waals surface area (Å²) < 4.78 is 25.3. The van der Waals surface area contributed by atoms with Crippen LogP contribution >= 0.6 is 0 Å². The quantitative estimate of drug-likeness (QED) is 0.854. The molecule has 126 valence electrons. The molecule has 0 aliphatic carbocycles. The van der Waals surface area contributed by atoms with E-state index in [0.29, 0.717) is 44.9 Å². The highest BCUT2D eigenvalue weighted by atomic mass is 19.1. The van der Waals surface area contributed by atoms with E-state index < -0.39 is 5.82 Å². The second-order valence-corrected chi connectivity index (χ2v) is 6.90. The van der Waals surface area contributed by atoms with Crippen molar-refractivity contribution in [1.82, 2.24) is 9.88 Å². The van der Waals surface area contributed by atoms with Crippen LogP contribution in [0.2, 0.25) is 0 Å². The molecule has 1 amide bonds. The first kappa shape index (κ1) is 16.2. The summed E-state index contributed by atoms with van der Waals surface area (Å²) in [4.78, 5) is 17.8. The zero-order valence-electron chi connectivity index (χ0n) is 13.6. The van der Waals surface area contributed by atoms with E-state index in [0.717, 1.165) is 0 Å². The molecule has 1 aromatic heterocycles. The van der Waals surface area contributed by atoms with Gasteiger partial charge < -0.3 is 14.4 Å². The van der Waals surface area contributed by atoms with E-state index >= 15 is 0 Å². The predicted octanol–water partition coefficient (Wildman–Crippen LogP) is 2.41. The summed E-state index contributed by atoms with van der Waals surface area (Å²) >= 11 is 0. The number of hydrogen-bond donors (Lipinski definition) is 0. The number of ether oxygens (including phenoxy) is 2. The molecule has 0 saturated carbocycles. The molecular weight excluding hydrogens is 299 g/mol. The third-order valence-electron chi connectivity index (χ3n) is 4.34. The van der Waals surface area contributed by atoms with Crippen molar-refractivity contribution in [2.75, 3.05) is 19.7 Å². The Labute approximate surface area is 135 Å². The monoisotopic (exact) mass is 322 g/mol. The summed E-state index contributed by atoms with van der Waals surface area (Å²) in [6.07, 6.45) is 3.32. The molecule has 1 unspecified atom stereocenters. The smallest absolute Gasteiger partial charge is 0.250 e. The third-order valence-corrected chi connectivity index (χ3v) is 4.34. The van der Waals surface area contributed by atoms with Gasteiger partial charge in [-0.3, -0.25) is 4.79 Å². The van der Waals surface area contributed by atoms with Crippen molar-refractivity contribution in [2.24, 2.45) is 5.92 Å². The lowest BCUT2D eigenvalue weighted by Gasteiger charge is -2.53. The first-order valence-corrected chi connectivity index (χ1v) is 8.16. The zero-order valence-corrected chi connectivity index (χ0v) is 13.6. The zero-order chi connectivity index (χ0) is 16.4. The number of rotatable bonds is 4. The van der Waals surface area contributed by atoms with Crippen LogP contribution in [0.25, 0.3) is 0 Å². The van der Waals surface area contributed by atoms with Gasteiger partial charge in [0.1, 0.15) is 11.7 Å². The minimum Gasteiger partial charge on any atom is -0.472 e. The highest BCUT2D eigenvalue weighted by Crippen LogP contribution is 2.36. The molecule has 1 spiro atoms. The van der Waals surface area contributed by atoms with Crippen LogP contribution in [0, 0.1) is 11.7 Å². The van der Waals surface area contributed by atoms with Gasteiger partial charge in [-0.2, -0.15) is 0 Å². The molecule has 1 aromatic rings. The normalized spacial score (nSPS) is 23.0. The molecule has 5 nitrogen and oxygen atoms in total. The summed E-state index contributed by atoms with van der Waals surface area (Å²) in [6, 6.07) is 2.88. The first-order valence-electron chi connectivity index (χ1n) is 8.16. The molecular formula is C17H23FN2O3. The lowest BCUT2D eigenvalue weighted by atomic mass is 9.84. The van der Waals surface area contributed by atoms with Crippen molar-refractivity contribution in [3.63, 3.8) is 0 Å². The fraction of sp³-hybridized carbons (Fsp3) is 0.647. The van der Waals surface area contributed by atoms with Gasteiger partial charge in [0.15, 0.2) is 5.82 Å². The van der Waals surface area contributed by atoms with Gasteiger partial charge in [0.2, 0.25) is 5.91 Å². The average Bonchev–Trinajstić information content (AvgIpc) is 2.46. The number of carbonyl (C=O) groups excluding carboxylic acids is 1. The van der Waals surface area contributed by atoms with Gasteiger partial charge in [-0.15, -0.1) is 0 Å². The Morgan fingerprint density at radius 1 is 1.57 bits per heavy atom. The Bertz CT molecular complexity index is 573. The largest absolute Gasteiger partial charge is 0.472 e. The second kappa shape index (κ2) is 6.43. The maximum absolute atomic E-state index is 13.7. The number of amides is 1. The molecule has 2 fully saturated rings. The predicted molar refractivity (Wildman–Crippen MR) is 82.6 cm³/mol. The number of halogens is 1.